The third-order valence-corrected chi connectivity index (χ3v) is 7.55. The molecule has 176 valence electrons. The highest BCUT2D eigenvalue weighted by Gasteiger charge is 2.37. The minimum absolute atomic E-state index is 0.0897. The van der Waals surface area contributed by atoms with Gasteiger partial charge in [0.15, 0.2) is 0 Å². The molecule has 2 aromatic carbocycles. The number of sulfonamides is 1. The summed E-state index contributed by atoms with van der Waals surface area (Å²) in [4.78, 5) is 29.5. The quantitative estimate of drug-likeness (QED) is 0.457. The number of halogens is 2. The van der Waals surface area contributed by atoms with Crippen LogP contribution in [0.2, 0.25) is 5.02 Å². The number of carbonyl (C=O) groups excluding carboxylic acids is 1. The van der Waals surface area contributed by atoms with Crippen LogP contribution < -0.4 is 15.6 Å². The fourth-order valence-corrected chi connectivity index (χ4v) is 5.22. The van der Waals surface area contributed by atoms with Gasteiger partial charge in [-0.1, -0.05) is 36.7 Å². The van der Waals surface area contributed by atoms with E-state index < -0.39 is 33.3 Å². The van der Waals surface area contributed by atoms with E-state index in [-0.39, 0.29) is 22.7 Å². The number of fused-ring (bicyclic) bond motifs is 1. The number of anilines is 1. The van der Waals surface area contributed by atoms with Crippen LogP contribution >= 0.6 is 11.6 Å². The second-order valence-corrected chi connectivity index (χ2v) is 9.82. The van der Waals surface area contributed by atoms with Gasteiger partial charge in [-0.3, -0.25) is 9.69 Å². The van der Waals surface area contributed by atoms with Crippen molar-refractivity contribution < 1.29 is 17.6 Å². The fourth-order valence-electron chi connectivity index (χ4n) is 3.75. The van der Waals surface area contributed by atoms with E-state index >= 15 is 0 Å². The van der Waals surface area contributed by atoms with Crippen molar-refractivity contribution in [3.63, 3.8) is 0 Å². The minimum Gasteiger partial charge on any atom is -0.328 e. The molecule has 1 heterocycles. The van der Waals surface area contributed by atoms with E-state index in [2.05, 4.69) is 15.0 Å². The van der Waals surface area contributed by atoms with Crippen LogP contribution in [-0.2, 0) is 10.0 Å². The van der Waals surface area contributed by atoms with Gasteiger partial charge in [0.05, 0.1) is 11.1 Å². The van der Waals surface area contributed by atoms with Crippen molar-refractivity contribution in [3.05, 3.63) is 75.4 Å². The van der Waals surface area contributed by atoms with Crippen LogP contribution in [0.25, 0.3) is 10.8 Å². The average molecular weight is 495 g/mol. The Balaban J connectivity index is 2.12. The normalized spacial score (nSPS) is 13.5. The lowest BCUT2D eigenvalue weighted by atomic mass is 10.0. The molecule has 0 aliphatic rings. The van der Waals surface area contributed by atoms with Crippen LogP contribution in [0.4, 0.5) is 14.9 Å². The molecule has 3 rings (SSSR count). The molecular weight excluding hydrogens is 471 g/mol. The summed E-state index contributed by atoms with van der Waals surface area (Å²) >= 11 is 5.82. The van der Waals surface area contributed by atoms with Crippen LogP contribution in [0.5, 0.6) is 0 Å². The summed E-state index contributed by atoms with van der Waals surface area (Å²) < 4.78 is 41.5. The third kappa shape index (κ3) is 5.02. The number of aromatic amines is 1. The zero-order valence-corrected chi connectivity index (χ0v) is 19.8. The van der Waals surface area contributed by atoms with E-state index in [0.29, 0.717) is 16.3 Å². The predicted molar refractivity (Wildman–Crippen MR) is 127 cm³/mol. The fraction of sp³-hybridized carbons (Fsp3) is 0.273. The molecule has 33 heavy (non-hydrogen) atoms. The molecule has 2 unspecified atom stereocenters. The van der Waals surface area contributed by atoms with Gasteiger partial charge in [0.25, 0.3) is 5.56 Å². The van der Waals surface area contributed by atoms with E-state index in [0.717, 1.165) is 6.07 Å². The molecule has 3 aromatic rings. The van der Waals surface area contributed by atoms with Gasteiger partial charge in [0.2, 0.25) is 10.0 Å². The zero-order valence-electron chi connectivity index (χ0n) is 18.2. The Morgan fingerprint density at radius 3 is 2.48 bits per heavy atom. The Morgan fingerprint density at radius 1 is 1.21 bits per heavy atom. The second-order valence-electron chi connectivity index (χ2n) is 7.37. The first-order valence-corrected chi connectivity index (χ1v) is 12.1. The molecule has 0 bridgehead atoms. The summed E-state index contributed by atoms with van der Waals surface area (Å²) in [5.74, 6) is -0.649. The first-order valence-electron chi connectivity index (χ1n) is 10.2. The van der Waals surface area contributed by atoms with Gasteiger partial charge in [0.1, 0.15) is 11.2 Å². The van der Waals surface area contributed by atoms with E-state index in [1.54, 1.807) is 38.1 Å². The molecule has 1 aromatic heterocycles. The lowest BCUT2D eigenvalue weighted by Crippen LogP contribution is -2.50. The Morgan fingerprint density at radius 2 is 1.88 bits per heavy atom. The van der Waals surface area contributed by atoms with Crippen LogP contribution in [-0.4, -0.2) is 36.8 Å². The molecule has 0 fully saturated rings. The van der Waals surface area contributed by atoms with Gasteiger partial charge in [0, 0.05) is 17.3 Å². The van der Waals surface area contributed by atoms with Crippen molar-refractivity contribution in [2.45, 2.75) is 31.7 Å². The van der Waals surface area contributed by atoms with Crippen molar-refractivity contribution in [1.82, 2.24) is 14.6 Å². The summed E-state index contributed by atoms with van der Waals surface area (Å²) in [6.07, 6.45) is 1.56. The number of carbonyl (C=O) groups is 1. The lowest BCUT2D eigenvalue weighted by Gasteiger charge is -2.36. The Kier molecular flexibility index (Phi) is 7.41. The minimum atomic E-state index is -3.92. The van der Waals surface area contributed by atoms with E-state index in [4.69, 9.17) is 11.6 Å². The number of nitrogens with zero attached hydrogens (tertiary/aromatic N) is 1. The van der Waals surface area contributed by atoms with Gasteiger partial charge in [-0.15, -0.1) is 0 Å². The molecule has 2 atom stereocenters. The van der Waals surface area contributed by atoms with Gasteiger partial charge < -0.3 is 10.3 Å². The second kappa shape index (κ2) is 9.90. The molecule has 0 spiro atoms. The number of H-pyrrole nitrogens is 1. The average Bonchev–Trinajstić information content (AvgIpc) is 2.79. The maximum absolute atomic E-state index is 13.5. The van der Waals surface area contributed by atoms with Crippen LogP contribution in [0.1, 0.15) is 31.9 Å². The SMILES string of the molecule is CCC(N(C(=O)Nc1ccc(F)c(Cl)c1)C(C)c1c[nH]c(=O)c2ccccc12)S(=O)(=O)NC. The van der Waals surface area contributed by atoms with Gasteiger partial charge in [-0.25, -0.2) is 22.3 Å². The zero-order chi connectivity index (χ0) is 24.3. The van der Waals surface area contributed by atoms with Crippen LogP contribution in [0.15, 0.2) is 53.5 Å². The standard InChI is InChI=1S/C22H24ClFN4O4S/c1-4-20(33(31,32)25-3)28(22(30)27-14-9-10-19(24)18(23)11-14)13(2)17-12-26-21(29)16-8-6-5-7-15(16)17/h5-13,20,25H,4H2,1-3H3,(H,26,29)(H,27,30). The largest absolute Gasteiger partial charge is 0.328 e. The molecule has 2 amide bonds. The van der Waals surface area contributed by atoms with Gasteiger partial charge in [-0.05, 0) is 55.6 Å². The predicted octanol–water partition coefficient (Wildman–Crippen LogP) is 4.20. The molecule has 0 radical (unpaired) electrons. The summed E-state index contributed by atoms with van der Waals surface area (Å²) in [5.41, 5.74) is 0.460. The topological polar surface area (TPSA) is 111 Å². The summed E-state index contributed by atoms with van der Waals surface area (Å²) in [6, 6.07) is 9.02. The summed E-state index contributed by atoms with van der Waals surface area (Å²) in [7, 11) is -2.65. The number of hydrogen-bond donors (Lipinski definition) is 3. The number of rotatable bonds is 7. The van der Waals surface area contributed by atoms with Crippen molar-refractivity contribution in [2.75, 3.05) is 12.4 Å². The molecule has 0 saturated heterocycles. The molecule has 11 heteroatoms. The highest BCUT2D eigenvalue weighted by atomic mass is 35.5. The van der Waals surface area contributed by atoms with E-state index in [1.165, 1.54) is 30.3 Å². The summed E-state index contributed by atoms with van der Waals surface area (Å²) in [6.45, 7) is 3.32. The lowest BCUT2D eigenvalue weighted by molar-refractivity contribution is 0.182. The number of aromatic nitrogens is 1. The van der Waals surface area contributed by atoms with Crippen molar-refractivity contribution in [3.8, 4) is 0 Å². The Labute approximate surface area is 195 Å². The highest BCUT2D eigenvalue weighted by Crippen LogP contribution is 2.31. The monoisotopic (exact) mass is 494 g/mol. The first-order chi connectivity index (χ1) is 15.6. The van der Waals surface area contributed by atoms with E-state index in [1.807, 2.05) is 0 Å². The van der Waals surface area contributed by atoms with Crippen molar-refractivity contribution >= 4 is 44.1 Å². The van der Waals surface area contributed by atoms with Gasteiger partial charge >= 0.3 is 6.03 Å². The molecule has 0 aliphatic heterocycles. The molecule has 3 N–H and O–H groups in total. The van der Waals surface area contributed by atoms with E-state index in [9.17, 15) is 22.4 Å². The Hall–Kier alpha value is -2.95. The van der Waals surface area contributed by atoms with Crippen molar-refractivity contribution in [2.24, 2.45) is 0 Å². The number of urea groups is 1. The number of hydrogen-bond acceptors (Lipinski definition) is 4. The summed E-state index contributed by atoms with van der Waals surface area (Å²) in [5, 5.41) is 2.18. The number of amides is 2. The smallest absolute Gasteiger partial charge is 0.323 e. The van der Waals surface area contributed by atoms with Crippen LogP contribution in [0, 0.1) is 5.82 Å². The number of benzene rings is 2. The molecular formula is C22H24ClFN4O4S. The van der Waals surface area contributed by atoms with Crippen LogP contribution in [0.3, 0.4) is 0 Å². The Bertz CT molecular complexity index is 1350. The highest BCUT2D eigenvalue weighted by molar-refractivity contribution is 7.90. The first kappa shape index (κ1) is 24.7. The van der Waals surface area contributed by atoms with Gasteiger partial charge in [-0.2, -0.15) is 0 Å². The molecule has 8 nitrogen and oxygen atoms in total. The molecule has 0 aliphatic carbocycles. The number of pyridine rings is 1. The maximum Gasteiger partial charge on any atom is 0.323 e. The molecule has 0 saturated carbocycles. The maximum atomic E-state index is 13.5. The number of nitrogens with one attached hydrogen (secondary N) is 3. The third-order valence-electron chi connectivity index (χ3n) is 5.42. The van der Waals surface area contributed by atoms with Crippen molar-refractivity contribution in [1.29, 1.82) is 0 Å².